The van der Waals surface area contributed by atoms with E-state index in [4.69, 9.17) is 18.9 Å². The first-order valence-electron chi connectivity index (χ1n) is 8.81. The lowest BCUT2D eigenvalue weighted by Gasteiger charge is -2.14. The van der Waals surface area contributed by atoms with E-state index in [-0.39, 0.29) is 18.9 Å². The number of rotatable bonds is 11. The van der Waals surface area contributed by atoms with Gasteiger partial charge in [-0.2, -0.15) is 0 Å². The minimum Gasteiger partial charge on any atom is -0.493 e. The van der Waals surface area contributed by atoms with Crippen LogP contribution in [-0.2, 0) is 27.2 Å². The number of hydrogen-bond donors (Lipinski definition) is 1. The largest absolute Gasteiger partial charge is 0.493 e. The van der Waals surface area contributed by atoms with E-state index in [0.717, 1.165) is 12.0 Å². The third kappa shape index (κ3) is 6.45. The summed E-state index contributed by atoms with van der Waals surface area (Å²) < 4.78 is 20.9. The highest BCUT2D eigenvalue weighted by Gasteiger charge is 2.14. The average molecular weight is 407 g/mol. The van der Waals surface area contributed by atoms with E-state index >= 15 is 0 Å². The summed E-state index contributed by atoms with van der Waals surface area (Å²) in [5.41, 5.74) is 0.840. The number of carbonyl (C=O) groups excluding carboxylic acids is 2. The van der Waals surface area contributed by atoms with Crippen LogP contribution >= 0.6 is 11.3 Å². The summed E-state index contributed by atoms with van der Waals surface area (Å²) in [6, 6.07) is 7.55. The smallest absolute Gasteiger partial charge is 0.306 e. The molecule has 0 saturated carbocycles. The van der Waals surface area contributed by atoms with Crippen molar-refractivity contribution in [1.82, 2.24) is 5.32 Å². The maximum Gasteiger partial charge on any atom is 0.306 e. The molecule has 1 aromatic carbocycles. The van der Waals surface area contributed by atoms with Crippen molar-refractivity contribution >= 4 is 23.2 Å². The Morgan fingerprint density at radius 2 is 1.75 bits per heavy atom. The molecule has 0 saturated heterocycles. The third-order valence-electron chi connectivity index (χ3n) is 3.98. The van der Waals surface area contributed by atoms with Crippen molar-refractivity contribution in [3.8, 4) is 17.2 Å². The number of nitrogens with one attached hydrogen (secondary N) is 1. The van der Waals surface area contributed by atoms with Gasteiger partial charge >= 0.3 is 5.97 Å². The van der Waals surface area contributed by atoms with Gasteiger partial charge < -0.3 is 24.3 Å². The number of amides is 1. The summed E-state index contributed by atoms with van der Waals surface area (Å²) in [7, 11) is 4.60. The molecule has 1 amide bonds. The Morgan fingerprint density at radius 3 is 2.32 bits per heavy atom. The first-order valence-corrected chi connectivity index (χ1v) is 9.69. The minimum atomic E-state index is -0.442. The number of esters is 1. The molecule has 28 heavy (non-hydrogen) atoms. The topological polar surface area (TPSA) is 83.1 Å². The molecule has 1 N–H and O–H groups in total. The Hall–Kier alpha value is -2.74. The van der Waals surface area contributed by atoms with E-state index in [2.05, 4.69) is 5.32 Å². The molecule has 0 radical (unpaired) electrons. The van der Waals surface area contributed by atoms with E-state index in [9.17, 15) is 9.59 Å². The van der Waals surface area contributed by atoms with Gasteiger partial charge in [-0.15, -0.1) is 11.3 Å². The van der Waals surface area contributed by atoms with Gasteiger partial charge in [0.1, 0.15) is 0 Å². The molecule has 0 aliphatic heterocycles. The lowest BCUT2D eigenvalue weighted by atomic mass is 10.1. The third-order valence-corrected chi connectivity index (χ3v) is 4.92. The van der Waals surface area contributed by atoms with Gasteiger partial charge in [-0.3, -0.25) is 9.59 Å². The van der Waals surface area contributed by atoms with Crippen LogP contribution in [0.15, 0.2) is 29.6 Å². The lowest BCUT2D eigenvalue weighted by molar-refractivity contribution is -0.148. The Bertz CT molecular complexity index is 750. The molecule has 0 bridgehead atoms. The van der Waals surface area contributed by atoms with Crippen LogP contribution in [0.4, 0.5) is 0 Å². The summed E-state index contributed by atoms with van der Waals surface area (Å²) in [6.07, 6.45) is 1.33. The number of thiophene rings is 1. The van der Waals surface area contributed by atoms with Crippen LogP contribution in [0.5, 0.6) is 17.2 Å². The second-order valence-electron chi connectivity index (χ2n) is 5.87. The number of aryl methyl sites for hydroxylation is 1. The quantitative estimate of drug-likeness (QED) is 0.577. The van der Waals surface area contributed by atoms with Crippen LogP contribution in [-0.4, -0.2) is 46.4 Å². The Morgan fingerprint density at radius 1 is 1.04 bits per heavy atom. The van der Waals surface area contributed by atoms with Crippen molar-refractivity contribution in [2.45, 2.75) is 19.3 Å². The number of benzene rings is 1. The summed E-state index contributed by atoms with van der Waals surface area (Å²) in [6.45, 7) is 0.237. The highest BCUT2D eigenvalue weighted by atomic mass is 32.1. The Kier molecular flexibility index (Phi) is 8.61. The molecule has 1 aromatic heterocycles. The Labute approximate surface area is 168 Å². The number of hydrogen-bond acceptors (Lipinski definition) is 7. The fourth-order valence-electron chi connectivity index (χ4n) is 2.58. The zero-order valence-corrected chi connectivity index (χ0v) is 17.1. The summed E-state index contributed by atoms with van der Waals surface area (Å²) in [5.74, 6) is 0.793. The maximum absolute atomic E-state index is 11.9. The van der Waals surface area contributed by atoms with Gasteiger partial charge in [0.15, 0.2) is 18.1 Å². The zero-order chi connectivity index (χ0) is 20.4. The average Bonchev–Trinajstić information content (AvgIpc) is 3.23. The molecule has 0 fully saturated rings. The van der Waals surface area contributed by atoms with E-state index in [0.29, 0.717) is 30.2 Å². The summed E-state index contributed by atoms with van der Waals surface area (Å²) >= 11 is 1.64. The molecule has 0 aliphatic rings. The van der Waals surface area contributed by atoms with Crippen LogP contribution in [0.3, 0.4) is 0 Å². The van der Waals surface area contributed by atoms with Gasteiger partial charge in [0.05, 0.1) is 21.3 Å². The molecule has 1 heterocycles. The summed E-state index contributed by atoms with van der Waals surface area (Å²) in [4.78, 5) is 24.9. The maximum atomic E-state index is 11.9. The molecule has 152 valence electrons. The van der Waals surface area contributed by atoms with Crippen molar-refractivity contribution in [2.75, 3.05) is 34.5 Å². The predicted octanol–water partition coefficient (Wildman–Crippen LogP) is 2.61. The molecular formula is C20H25NO6S. The molecule has 0 atom stereocenters. The van der Waals surface area contributed by atoms with Crippen molar-refractivity contribution < 1.29 is 28.5 Å². The number of carbonyl (C=O) groups is 2. The monoisotopic (exact) mass is 407 g/mol. The van der Waals surface area contributed by atoms with Crippen LogP contribution < -0.4 is 19.5 Å². The predicted molar refractivity (Wildman–Crippen MR) is 106 cm³/mol. The molecule has 2 rings (SSSR count). The minimum absolute atomic E-state index is 0.140. The van der Waals surface area contributed by atoms with Crippen LogP contribution in [0.25, 0.3) is 0 Å². The highest BCUT2D eigenvalue weighted by molar-refractivity contribution is 7.09. The van der Waals surface area contributed by atoms with E-state index < -0.39 is 5.97 Å². The van der Waals surface area contributed by atoms with Crippen LogP contribution in [0, 0.1) is 0 Å². The van der Waals surface area contributed by atoms with Crippen LogP contribution in [0.1, 0.15) is 16.9 Å². The second kappa shape index (κ2) is 11.2. The molecule has 0 spiro atoms. The van der Waals surface area contributed by atoms with Crippen molar-refractivity contribution in [1.29, 1.82) is 0 Å². The van der Waals surface area contributed by atoms with E-state index in [1.165, 1.54) is 26.2 Å². The number of methoxy groups -OCH3 is 3. The highest BCUT2D eigenvalue weighted by Crippen LogP contribution is 2.38. The van der Waals surface area contributed by atoms with Gasteiger partial charge in [-0.25, -0.2) is 0 Å². The molecule has 0 aliphatic carbocycles. The zero-order valence-electron chi connectivity index (χ0n) is 16.3. The molecule has 0 unspecified atom stereocenters. The van der Waals surface area contributed by atoms with Gasteiger partial charge in [-0.05, 0) is 42.0 Å². The molecule has 2 aromatic rings. The van der Waals surface area contributed by atoms with Gasteiger partial charge in [0, 0.05) is 17.8 Å². The fourth-order valence-corrected chi connectivity index (χ4v) is 3.28. The fraction of sp³-hybridized carbons (Fsp3) is 0.400. The van der Waals surface area contributed by atoms with Gasteiger partial charge in [-0.1, -0.05) is 6.07 Å². The van der Waals surface area contributed by atoms with Gasteiger partial charge in [0.25, 0.3) is 5.91 Å². The van der Waals surface area contributed by atoms with E-state index in [1.807, 2.05) is 17.5 Å². The lowest BCUT2D eigenvalue weighted by Crippen LogP contribution is -2.30. The normalized spacial score (nSPS) is 10.2. The summed E-state index contributed by atoms with van der Waals surface area (Å²) in [5, 5.41) is 4.73. The van der Waals surface area contributed by atoms with Gasteiger partial charge in [0.2, 0.25) is 5.75 Å². The molecular weight excluding hydrogens is 382 g/mol. The first kappa shape index (κ1) is 21.6. The molecule has 7 nitrogen and oxygen atoms in total. The van der Waals surface area contributed by atoms with E-state index in [1.54, 1.807) is 23.5 Å². The van der Waals surface area contributed by atoms with Crippen molar-refractivity contribution in [3.05, 3.63) is 40.1 Å². The second-order valence-corrected chi connectivity index (χ2v) is 6.91. The molecule has 8 heteroatoms. The SMILES string of the molecule is COc1cc(CCC(=O)OCC(=O)NCCc2cccs2)cc(OC)c1OC. The van der Waals surface area contributed by atoms with Crippen molar-refractivity contribution in [2.24, 2.45) is 0 Å². The Balaban J connectivity index is 1.75. The van der Waals surface area contributed by atoms with Crippen LogP contribution in [0.2, 0.25) is 0 Å². The standard InChI is InChI=1S/C20H25NO6S/c1-24-16-11-14(12-17(25-2)20(16)26-3)6-7-19(23)27-13-18(22)21-9-8-15-5-4-10-28-15/h4-5,10-12H,6-9,13H2,1-3H3,(H,21,22). The van der Waals surface area contributed by atoms with Crippen molar-refractivity contribution in [3.63, 3.8) is 0 Å². The number of ether oxygens (including phenoxy) is 4. The first-order chi connectivity index (χ1) is 13.6.